The number of nitrogens with zero attached hydrogens (tertiary/aromatic N) is 3. The van der Waals surface area contributed by atoms with Gasteiger partial charge in [-0.1, -0.05) is 0 Å². The lowest BCUT2D eigenvalue weighted by Crippen LogP contribution is -2.30. The Morgan fingerprint density at radius 3 is 2.58 bits per heavy atom. The second kappa shape index (κ2) is 6.43. The summed E-state index contributed by atoms with van der Waals surface area (Å²) in [6, 6.07) is 3.96. The highest BCUT2D eigenvalue weighted by molar-refractivity contribution is 5.97. The van der Waals surface area contributed by atoms with Gasteiger partial charge in [-0.15, -0.1) is 0 Å². The summed E-state index contributed by atoms with van der Waals surface area (Å²) in [5, 5.41) is 2.51. The number of carbonyl (C=O) groups is 2. The van der Waals surface area contributed by atoms with E-state index in [-0.39, 0.29) is 5.95 Å². The summed E-state index contributed by atoms with van der Waals surface area (Å²) < 4.78 is 7.47. The molecule has 1 amide bonds. The maximum atomic E-state index is 12.4. The Morgan fingerprint density at radius 2 is 1.96 bits per heavy atom. The third-order valence-corrected chi connectivity index (χ3v) is 4.07. The normalized spacial score (nSPS) is 15.0. The van der Waals surface area contributed by atoms with Crippen LogP contribution in [0.15, 0.2) is 24.5 Å². The number of rotatable bonds is 5. The number of hydrogen-bond acceptors (Lipinski definition) is 5. The summed E-state index contributed by atoms with van der Waals surface area (Å²) in [4.78, 5) is 32.3. The van der Waals surface area contributed by atoms with Gasteiger partial charge in [0, 0.05) is 29.8 Å². The standard InChI is InChI=1S/C17H20N4O3/c1-10-9-14(11(2)21(10)13-5-6-13)16(23)24-12(3)15(22)20-17-18-7-4-8-19-17/h4,7-9,12-13H,5-6H2,1-3H3,(H,18,19,20,22)/t12-/m1/s1. The first-order valence-corrected chi connectivity index (χ1v) is 7.94. The van der Waals surface area contributed by atoms with Gasteiger partial charge in [0.2, 0.25) is 5.95 Å². The fraction of sp³-hybridized carbons (Fsp3) is 0.412. The van der Waals surface area contributed by atoms with E-state index in [1.807, 2.05) is 19.9 Å². The van der Waals surface area contributed by atoms with Crippen LogP contribution in [0.3, 0.4) is 0 Å². The number of aromatic nitrogens is 3. The summed E-state index contributed by atoms with van der Waals surface area (Å²) in [5.41, 5.74) is 2.44. The first-order valence-electron chi connectivity index (χ1n) is 7.94. The minimum Gasteiger partial charge on any atom is -0.449 e. The van der Waals surface area contributed by atoms with Gasteiger partial charge in [-0.2, -0.15) is 0 Å². The molecule has 0 bridgehead atoms. The quantitative estimate of drug-likeness (QED) is 0.852. The number of nitrogens with one attached hydrogen (secondary N) is 1. The number of amides is 1. The van der Waals surface area contributed by atoms with E-state index in [1.54, 1.807) is 6.07 Å². The Bertz CT molecular complexity index is 766. The van der Waals surface area contributed by atoms with Crippen molar-refractivity contribution in [3.05, 3.63) is 41.5 Å². The molecule has 2 aromatic heterocycles. The van der Waals surface area contributed by atoms with Crippen molar-refractivity contribution in [3.8, 4) is 0 Å². The van der Waals surface area contributed by atoms with Gasteiger partial charge >= 0.3 is 5.97 Å². The van der Waals surface area contributed by atoms with Crippen LogP contribution in [0.2, 0.25) is 0 Å². The van der Waals surface area contributed by atoms with Crippen LogP contribution in [0.4, 0.5) is 5.95 Å². The number of aryl methyl sites for hydroxylation is 1. The third-order valence-electron chi connectivity index (χ3n) is 4.07. The summed E-state index contributed by atoms with van der Waals surface area (Å²) in [5.74, 6) is -0.783. The average Bonchev–Trinajstić information content (AvgIpc) is 3.33. The fourth-order valence-corrected chi connectivity index (χ4v) is 2.73. The zero-order valence-corrected chi connectivity index (χ0v) is 13.9. The first-order chi connectivity index (χ1) is 11.5. The molecule has 2 heterocycles. The van der Waals surface area contributed by atoms with Crippen LogP contribution in [-0.2, 0) is 9.53 Å². The lowest BCUT2D eigenvalue weighted by Gasteiger charge is -2.13. The van der Waals surface area contributed by atoms with Crippen molar-refractivity contribution >= 4 is 17.8 Å². The molecule has 1 N–H and O–H groups in total. The molecule has 1 fully saturated rings. The first kappa shape index (κ1) is 16.2. The minimum absolute atomic E-state index is 0.178. The molecule has 1 aliphatic carbocycles. The van der Waals surface area contributed by atoms with Crippen LogP contribution in [0, 0.1) is 13.8 Å². The van der Waals surface area contributed by atoms with E-state index in [0.29, 0.717) is 11.6 Å². The highest BCUT2D eigenvalue weighted by Crippen LogP contribution is 2.38. The molecule has 1 aliphatic rings. The Balaban J connectivity index is 1.66. The average molecular weight is 328 g/mol. The van der Waals surface area contributed by atoms with Crippen molar-refractivity contribution in [2.45, 2.75) is 45.8 Å². The molecule has 0 saturated heterocycles. The molecule has 2 aromatic rings. The zero-order valence-electron chi connectivity index (χ0n) is 13.9. The van der Waals surface area contributed by atoms with Crippen LogP contribution in [0.1, 0.15) is 47.6 Å². The minimum atomic E-state index is -0.940. The van der Waals surface area contributed by atoms with Gasteiger partial charge in [0.15, 0.2) is 6.10 Å². The van der Waals surface area contributed by atoms with Gasteiger partial charge in [0.1, 0.15) is 0 Å². The Morgan fingerprint density at radius 1 is 1.29 bits per heavy atom. The molecule has 7 nitrogen and oxygen atoms in total. The molecule has 1 atom stereocenters. The predicted octanol–water partition coefficient (Wildman–Crippen LogP) is 2.41. The van der Waals surface area contributed by atoms with Gasteiger partial charge in [-0.25, -0.2) is 14.8 Å². The maximum absolute atomic E-state index is 12.4. The number of anilines is 1. The largest absolute Gasteiger partial charge is 0.449 e. The third kappa shape index (κ3) is 3.29. The molecule has 7 heteroatoms. The molecule has 126 valence electrons. The molecular weight excluding hydrogens is 308 g/mol. The van der Waals surface area contributed by atoms with E-state index in [4.69, 9.17) is 4.74 Å². The van der Waals surface area contributed by atoms with Gasteiger partial charge in [0.05, 0.1) is 5.56 Å². The number of esters is 1. The van der Waals surface area contributed by atoms with Crippen molar-refractivity contribution in [2.24, 2.45) is 0 Å². The smallest absolute Gasteiger partial charge is 0.340 e. The van der Waals surface area contributed by atoms with E-state index in [0.717, 1.165) is 24.2 Å². The number of carbonyl (C=O) groups excluding carboxylic acids is 2. The molecule has 1 saturated carbocycles. The molecule has 24 heavy (non-hydrogen) atoms. The summed E-state index contributed by atoms with van der Waals surface area (Å²) in [7, 11) is 0. The molecule has 0 aromatic carbocycles. The van der Waals surface area contributed by atoms with E-state index in [2.05, 4.69) is 19.9 Å². The van der Waals surface area contributed by atoms with Crippen LogP contribution < -0.4 is 5.32 Å². The number of hydrogen-bond donors (Lipinski definition) is 1. The lowest BCUT2D eigenvalue weighted by atomic mass is 10.2. The van der Waals surface area contributed by atoms with Crippen molar-refractivity contribution in [3.63, 3.8) is 0 Å². The summed E-state index contributed by atoms with van der Waals surface area (Å²) in [6.07, 6.45) is 4.38. The molecule has 0 radical (unpaired) electrons. The zero-order chi connectivity index (χ0) is 17.3. The predicted molar refractivity (Wildman–Crippen MR) is 87.7 cm³/mol. The summed E-state index contributed by atoms with van der Waals surface area (Å²) in [6.45, 7) is 5.41. The molecule has 0 unspecified atom stereocenters. The van der Waals surface area contributed by atoms with Crippen LogP contribution >= 0.6 is 0 Å². The Hall–Kier alpha value is -2.70. The van der Waals surface area contributed by atoms with E-state index in [1.165, 1.54) is 19.3 Å². The molecule has 0 aliphatic heterocycles. The van der Waals surface area contributed by atoms with Gasteiger partial charge < -0.3 is 9.30 Å². The van der Waals surface area contributed by atoms with Gasteiger partial charge in [-0.05, 0) is 45.7 Å². The van der Waals surface area contributed by atoms with E-state index in [9.17, 15) is 9.59 Å². The number of ether oxygens (including phenoxy) is 1. The Kier molecular flexibility index (Phi) is 4.33. The lowest BCUT2D eigenvalue weighted by molar-refractivity contribution is -0.123. The van der Waals surface area contributed by atoms with Gasteiger partial charge in [0.25, 0.3) is 5.91 Å². The van der Waals surface area contributed by atoms with Gasteiger partial charge in [-0.3, -0.25) is 10.1 Å². The maximum Gasteiger partial charge on any atom is 0.340 e. The second-order valence-electron chi connectivity index (χ2n) is 6.00. The second-order valence-corrected chi connectivity index (χ2v) is 6.00. The van der Waals surface area contributed by atoms with E-state index < -0.39 is 18.0 Å². The van der Waals surface area contributed by atoms with Crippen LogP contribution in [-0.4, -0.2) is 32.5 Å². The Labute approximate surface area is 140 Å². The van der Waals surface area contributed by atoms with Crippen LogP contribution in [0.25, 0.3) is 0 Å². The highest BCUT2D eigenvalue weighted by Gasteiger charge is 2.29. The van der Waals surface area contributed by atoms with Crippen molar-refractivity contribution in [1.29, 1.82) is 0 Å². The van der Waals surface area contributed by atoms with Crippen molar-refractivity contribution < 1.29 is 14.3 Å². The van der Waals surface area contributed by atoms with Crippen molar-refractivity contribution in [1.82, 2.24) is 14.5 Å². The topological polar surface area (TPSA) is 86.1 Å². The molecule has 0 spiro atoms. The van der Waals surface area contributed by atoms with Crippen molar-refractivity contribution in [2.75, 3.05) is 5.32 Å². The molecule has 3 rings (SSSR count). The highest BCUT2D eigenvalue weighted by atomic mass is 16.5. The monoisotopic (exact) mass is 328 g/mol. The fourth-order valence-electron chi connectivity index (χ4n) is 2.73. The van der Waals surface area contributed by atoms with Crippen LogP contribution in [0.5, 0.6) is 0 Å². The van der Waals surface area contributed by atoms with E-state index >= 15 is 0 Å². The molecular formula is C17H20N4O3. The SMILES string of the molecule is Cc1cc(C(=O)O[C@H](C)C(=O)Nc2ncccn2)c(C)n1C1CC1. The summed E-state index contributed by atoms with van der Waals surface area (Å²) >= 11 is 0.